The Morgan fingerprint density at radius 1 is 0.929 bits per heavy atom. The van der Waals surface area contributed by atoms with Crippen molar-refractivity contribution >= 4 is 28.1 Å². The Morgan fingerprint density at radius 3 is 2.12 bits per heavy atom. The van der Waals surface area contributed by atoms with Crippen molar-refractivity contribution in [3.8, 4) is 0 Å². The number of para-hydroxylation sites is 2. The molecule has 0 saturated carbocycles. The average molecular weight is 571 g/mol. The Morgan fingerprint density at radius 2 is 1.55 bits per heavy atom. The summed E-state index contributed by atoms with van der Waals surface area (Å²) in [5.41, 5.74) is 8.13. The molecule has 2 aromatic carbocycles. The van der Waals surface area contributed by atoms with Gasteiger partial charge in [0.1, 0.15) is 0 Å². The van der Waals surface area contributed by atoms with Gasteiger partial charge in [-0.2, -0.15) is 0 Å². The van der Waals surface area contributed by atoms with Crippen LogP contribution in [0.3, 0.4) is 0 Å². The van der Waals surface area contributed by atoms with E-state index in [1.165, 1.54) is 4.57 Å². The Bertz CT molecular complexity index is 1620. The number of fused-ring (bicyclic) bond motifs is 2. The Kier molecular flexibility index (Phi) is 12.8. The molecule has 0 saturated heterocycles. The van der Waals surface area contributed by atoms with E-state index in [4.69, 9.17) is 5.73 Å². The van der Waals surface area contributed by atoms with Crippen molar-refractivity contribution in [2.24, 2.45) is 12.8 Å². The van der Waals surface area contributed by atoms with Crippen molar-refractivity contribution in [2.45, 2.75) is 71.0 Å². The molecular weight excluding hydrogens is 524 g/mol. The summed E-state index contributed by atoms with van der Waals surface area (Å²) in [6.45, 7) is 16.4. The van der Waals surface area contributed by atoms with Crippen molar-refractivity contribution in [1.29, 1.82) is 0 Å². The maximum absolute atomic E-state index is 12.1. The van der Waals surface area contributed by atoms with E-state index in [0.717, 1.165) is 53.1 Å². The molecule has 2 heterocycles. The van der Waals surface area contributed by atoms with Crippen LogP contribution in [-0.4, -0.2) is 26.9 Å². The van der Waals surface area contributed by atoms with Gasteiger partial charge >= 0.3 is 0 Å². The zero-order chi connectivity index (χ0) is 31.3. The van der Waals surface area contributed by atoms with Crippen molar-refractivity contribution in [1.82, 2.24) is 14.9 Å². The fourth-order valence-electron chi connectivity index (χ4n) is 4.30. The number of aldehydes is 1. The molecule has 2 atom stereocenters. The molecular formula is C35H46N4O3. The number of benzene rings is 2. The van der Waals surface area contributed by atoms with Gasteiger partial charge in [0, 0.05) is 35.8 Å². The molecule has 0 aliphatic heterocycles. The summed E-state index contributed by atoms with van der Waals surface area (Å²) < 4.78 is 1.49. The third-order valence-corrected chi connectivity index (χ3v) is 7.62. The van der Waals surface area contributed by atoms with Crippen LogP contribution in [0.5, 0.6) is 0 Å². The Hall–Kier alpha value is -4.07. The van der Waals surface area contributed by atoms with Crippen LogP contribution >= 0.6 is 0 Å². The number of nitrogens with one attached hydrogen (secondary N) is 2. The zero-order valence-corrected chi connectivity index (χ0v) is 25.7. The highest BCUT2D eigenvalue weighted by Crippen LogP contribution is 2.16. The molecule has 0 fully saturated rings. The molecule has 7 nitrogen and oxygen atoms in total. The SMILES string of the molecule is C=CCC(C)(CC)NCc1cc2ccccc2[nH]c1=O.C=CCC(C)(N)CC.Cn1c(=O)c(C=O)cc2ccccc21. The molecule has 4 N–H and O–H groups in total. The summed E-state index contributed by atoms with van der Waals surface area (Å²) in [5, 5.41) is 5.44. The first-order valence-corrected chi connectivity index (χ1v) is 14.3. The van der Waals surface area contributed by atoms with E-state index in [1.54, 1.807) is 13.1 Å². The summed E-state index contributed by atoms with van der Waals surface area (Å²) in [4.78, 5) is 37.2. The zero-order valence-electron chi connectivity index (χ0n) is 25.7. The molecule has 4 rings (SSSR count). The maximum Gasteiger partial charge on any atom is 0.261 e. The first-order chi connectivity index (χ1) is 19.9. The number of nitrogens with two attached hydrogens (primary N) is 1. The fourth-order valence-corrected chi connectivity index (χ4v) is 4.30. The first kappa shape index (κ1) is 34.1. The van der Waals surface area contributed by atoms with Gasteiger partial charge in [0.2, 0.25) is 0 Å². The van der Waals surface area contributed by atoms with E-state index < -0.39 is 0 Å². The highest BCUT2D eigenvalue weighted by Gasteiger charge is 2.19. The molecule has 0 aliphatic rings. The summed E-state index contributed by atoms with van der Waals surface area (Å²) in [6.07, 6.45) is 8.17. The average Bonchev–Trinajstić information content (AvgIpc) is 2.98. The third-order valence-electron chi connectivity index (χ3n) is 7.62. The molecule has 0 bridgehead atoms. The number of nitrogens with zero attached hydrogens (tertiary/aromatic N) is 1. The minimum Gasteiger partial charge on any atom is -0.325 e. The topological polar surface area (TPSA) is 110 Å². The third kappa shape index (κ3) is 9.50. The number of H-pyrrole nitrogens is 1. The van der Waals surface area contributed by atoms with Gasteiger partial charge in [-0.05, 0) is 74.6 Å². The van der Waals surface area contributed by atoms with Crippen LogP contribution < -0.4 is 22.2 Å². The molecule has 0 spiro atoms. The van der Waals surface area contributed by atoms with Gasteiger partial charge in [-0.15, -0.1) is 13.2 Å². The number of carbonyl (C=O) groups is 1. The van der Waals surface area contributed by atoms with E-state index in [-0.39, 0.29) is 27.8 Å². The Labute approximate surface area is 249 Å². The predicted octanol–water partition coefficient (Wildman–Crippen LogP) is 6.40. The summed E-state index contributed by atoms with van der Waals surface area (Å²) in [6, 6.07) is 18.9. The van der Waals surface area contributed by atoms with E-state index in [0.29, 0.717) is 12.8 Å². The van der Waals surface area contributed by atoms with E-state index in [2.05, 4.69) is 44.2 Å². The number of hydrogen-bond acceptors (Lipinski definition) is 5. The van der Waals surface area contributed by atoms with Gasteiger partial charge in [0.25, 0.3) is 11.1 Å². The monoisotopic (exact) mass is 570 g/mol. The maximum atomic E-state index is 12.1. The molecule has 0 radical (unpaired) electrons. The van der Waals surface area contributed by atoms with Crippen LogP contribution in [-0.2, 0) is 13.6 Å². The van der Waals surface area contributed by atoms with E-state index in [1.807, 2.05) is 73.7 Å². The van der Waals surface area contributed by atoms with Crippen molar-refractivity contribution in [2.75, 3.05) is 0 Å². The van der Waals surface area contributed by atoms with Crippen molar-refractivity contribution in [3.63, 3.8) is 0 Å². The van der Waals surface area contributed by atoms with Gasteiger partial charge in [-0.1, -0.05) is 62.4 Å². The molecule has 4 aromatic rings. The number of aromatic nitrogens is 2. The van der Waals surface area contributed by atoms with Crippen LogP contribution in [0.4, 0.5) is 0 Å². The number of pyridine rings is 2. The smallest absolute Gasteiger partial charge is 0.261 e. The lowest BCUT2D eigenvalue weighted by atomic mass is 9.94. The van der Waals surface area contributed by atoms with Crippen molar-refractivity contribution in [3.05, 3.63) is 118 Å². The second-order valence-corrected chi connectivity index (χ2v) is 11.1. The molecule has 42 heavy (non-hydrogen) atoms. The minimum atomic E-state index is -0.251. The van der Waals surface area contributed by atoms with Crippen LogP contribution in [0.2, 0.25) is 0 Å². The van der Waals surface area contributed by atoms with Gasteiger partial charge in [-0.25, -0.2) is 0 Å². The highest BCUT2D eigenvalue weighted by molar-refractivity contribution is 5.86. The van der Waals surface area contributed by atoms with Crippen LogP contribution in [0.1, 0.15) is 69.3 Å². The minimum absolute atomic E-state index is 0.0141. The number of rotatable bonds is 10. The van der Waals surface area contributed by atoms with Gasteiger partial charge in [0.05, 0.1) is 11.1 Å². The van der Waals surface area contributed by atoms with Gasteiger partial charge in [0.15, 0.2) is 6.29 Å². The number of carbonyl (C=O) groups excluding carboxylic acids is 1. The van der Waals surface area contributed by atoms with Crippen LogP contribution in [0, 0.1) is 0 Å². The standard InChI is InChI=1S/C17H22N2O.C11H9NO2.C7H15N/c1-4-10-17(3,5-2)18-12-14-11-13-8-6-7-9-15(13)19-16(14)20;1-12-10-5-3-2-4-8(10)6-9(7-13)11(12)14;1-4-6-7(3,8)5-2/h4,6-9,11,18H,1,5,10,12H2,2-3H3,(H,19,20);2-7H,1H3;4H,1,5-6,8H2,2-3H3. The molecule has 224 valence electrons. The number of aryl methyl sites for hydroxylation is 1. The second-order valence-electron chi connectivity index (χ2n) is 11.1. The highest BCUT2D eigenvalue weighted by atomic mass is 16.1. The summed E-state index contributed by atoms with van der Waals surface area (Å²) >= 11 is 0. The lowest BCUT2D eigenvalue weighted by molar-refractivity contribution is 0.112. The van der Waals surface area contributed by atoms with Crippen molar-refractivity contribution < 1.29 is 4.79 Å². The lowest BCUT2D eigenvalue weighted by Crippen LogP contribution is -2.41. The van der Waals surface area contributed by atoms with Crippen LogP contribution in [0.25, 0.3) is 21.8 Å². The second kappa shape index (κ2) is 15.8. The van der Waals surface area contributed by atoms with E-state index in [9.17, 15) is 14.4 Å². The van der Waals surface area contributed by atoms with Gasteiger partial charge < -0.3 is 20.6 Å². The molecule has 0 aliphatic carbocycles. The molecule has 2 unspecified atom stereocenters. The quantitative estimate of drug-likeness (QED) is 0.151. The number of aromatic amines is 1. The summed E-state index contributed by atoms with van der Waals surface area (Å²) in [5.74, 6) is 0. The van der Waals surface area contributed by atoms with E-state index >= 15 is 0 Å². The largest absolute Gasteiger partial charge is 0.325 e. The fraction of sp³-hybridized carbons (Fsp3) is 0.343. The predicted molar refractivity (Wildman–Crippen MR) is 177 cm³/mol. The molecule has 7 heteroatoms. The lowest BCUT2D eigenvalue weighted by Gasteiger charge is -2.28. The Balaban J connectivity index is 0.000000243. The molecule has 2 aromatic heterocycles. The molecule has 0 amide bonds. The summed E-state index contributed by atoms with van der Waals surface area (Å²) in [7, 11) is 1.66. The number of hydrogen-bond donors (Lipinski definition) is 3. The van der Waals surface area contributed by atoms with Crippen LogP contribution in [0.15, 0.2) is 95.6 Å². The normalized spacial score (nSPS) is 13.5. The first-order valence-electron chi connectivity index (χ1n) is 14.3. The van der Waals surface area contributed by atoms with Gasteiger partial charge in [-0.3, -0.25) is 14.4 Å².